The third-order valence-corrected chi connectivity index (χ3v) is 4.90. The van der Waals surface area contributed by atoms with Gasteiger partial charge < -0.3 is 0 Å². The monoisotopic (exact) mass is 393 g/mol. The molecule has 0 aliphatic carbocycles. The Balaban J connectivity index is 1.75. The van der Waals surface area contributed by atoms with Crippen molar-refractivity contribution in [1.29, 1.82) is 0 Å². The Labute approximate surface area is 166 Å². The van der Waals surface area contributed by atoms with Gasteiger partial charge in [0.1, 0.15) is 0 Å². The zero-order valence-corrected chi connectivity index (χ0v) is 16.5. The summed E-state index contributed by atoms with van der Waals surface area (Å²) in [5.41, 5.74) is 6.40. The van der Waals surface area contributed by atoms with E-state index in [2.05, 4.69) is 20.5 Å². The van der Waals surface area contributed by atoms with Crippen LogP contribution in [-0.2, 0) is 4.79 Å². The molecule has 0 atom stereocenters. The van der Waals surface area contributed by atoms with Crippen molar-refractivity contribution in [2.45, 2.75) is 20.8 Å². The highest BCUT2D eigenvalue weighted by molar-refractivity contribution is 7.14. The van der Waals surface area contributed by atoms with E-state index in [-0.39, 0.29) is 11.8 Å². The van der Waals surface area contributed by atoms with Crippen LogP contribution in [0.2, 0.25) is 0 Å². The molecule has 2 amide bonds. The lowest BCUT2D eigenvalue weighted by molar-refractivity contribution is -0.115. The second kappa shape index (κ2) is 8.53. The maximum atomic E-state index is 12.2. The van der Waals surface area contributed by atoms with Crippen LogP contribution in [0.5, 0.6) is 0 Å². The van der Waals surface area contributed by atoms with Crippen molar-refractivity contribution < 1.29 is 9.59 Å². The van der Waals surface area contributed by atoms with Gasteiger partial charge >= 0.3 is 0 Å². The van der Waals surface area contributed by atoms with E-state index in [1.54, 1.807) is 28.6 Å². The van der Waals surface area contributed by atoms with Gasteiger partial charge in [-0.1, -0.05) is 6.07 Å². The van der Waals surface area contributed by atoms with Gasteiger partial charge in [0.25, 0.3) is 5.91 Å². The number of hydrogen-bond donors (Lipinski definition) is 1. The van der Waals surface area contributed by atoms with Gasteiger partial charge in [-0.05, 0) is 49.2 Å². The fourth-order valence-electron chi connectivity index (χ4n) is 2.45. The Morgan fingerprint density at radius 2 is 2.04 bits per heavy atom. The van der Waals surface area contributed by atoms with E-state index in [1.165, 1.54) is 30.7 Å². The second-order valence-corrected chi connectivity index (χ2v) is 6.96. The molecular weight excluding hydrogens is 374 g/mol. The van der Waals surface area contributed by atoms with Crippen LogP contribution in [0.15, 0.2) is 53.2 Å². The van der Waals surface area contributed by atoms with Crippen LogP contribution < -0.4 is 10.3 Å². The average Bonchev–Trinajstić information content (AvgIpc) is 3.13. The first-order valence-corrected chi connectivity index (χ1v) is 9.40. The molecule has 28 heavy (non-hydrogen) atoms. The van der Waals surface area contributed by atoms with Crippen LogP contribution in [0.25, 0.3) is 0 Å². The third-order valence-electron chi connectivity index (χ3n) is 4.05. The molecule has 0 spiro atoms. The number of aromatic nitrogens is 2. The topological polar surface area (TPSA) is 87.5 Å². The second-order valence-electron chi connectivity index (χ2n) is 6.12. The maximum absolute atomic E-state index is 12.2. The van der Waals surface area contributed by atoms with E-state index in [1.807, 2.05) is 32.0 Å². The van der Waals surface area contributed by atoms with Crippen molar-refractivity contribution in [2.75, 3.05) is 4.90 Å². The molecule has 0 radical (unpaired) electrons. The molecule has 1 N–H and O–H groups in total. The molecular formula is C20H19N5O2S. The lowest BCUT2D eigenvalue weighted by atomic mass is 10.1. The van der Waals surface area contributed by atoms with E-state index >= 15 is 0 Å². The number of pyridine rings is 1. The predicted molar refractivity (Wildman–Crippen MR) is 110 cm³/mol. The molecule has 0 aliphatic rings. The lowest BCUT2D eigenvalue weighted by Gasteiger charge is -2.19. The summed E-state index contributed by atoms with van der Waals surface area (Å²) >= 11 is 1.33. The Hall–Kier alpha value is -3.39. The standard InChI is InChI=1S/C20H19N5O2S/c1-13-6-7-18(9-14(13)2)25(15(3)26)20-23-17(12-28-20)11-22-24-19(27)16-5-4-8-21-10-16/h4-12H,1-3H3,(H,24,27)/b22-11-. The molecule has 0 bridgehead atoms. The van der Waals surface area contributed by atoms with Crippen LogP contribution >= 0.6 is 11.3 Å². The molecule has 0 saturated heterocycles. The minimum absolute atomic E-state index is 0.133. The van der Waals surface area contributed by atoms with Crippen molar-refractivity contribution in [2.24, 2.45) is 5.10 Å². The lowest BCUT2D eigenvalue weighted by Crippen LogP contribution is -2.22. The van der Waals surface area contributed by atoms with Gasteiger partial charge in [-0.2, -0.15) is 5.10 Å². The molecule has 0 aliphatic heterocycles. The van der Waals surface area contributed by atoms with Gasteiger partial charge in [0, 0.05) is 24.7 Å². The Kier molecular flexibility index (Phi) is 5.90. The van der Waals surface area contributed by atoms with E-state index in [0.29, 0.717) is 16.4 Å². The van der Waals surface area contributed by atoms with E-state index in [0.717, 1.165) is 16.8 Å². The number of amides is 2. The summed E-state index contributed by atoms with van der Waals surface area (Å²) in [4.78, 5) is 34.0. The predicted octanol–water partition coefficient (Wildman–Crippen LogP) is 3.60. The number of nitrogens with one attached hydrogen (secondary N) is 1. The number of thiazole rings is 1. The fraction of sp³-hybridized carbons (Fsp3) is 0.150. The molecule has 0 saturated carbocycles. The Bertz CT molecular complexity index is 1030. The van der Waals surface area contributed by atoms with Crippen LogP contribution in [-0.4, -0.2) is 28.0 Å². The Morgan fingerprint density at radius 3 is 2.71 bits per heavy atom. The van der Waals surface area contributed by atoms with Crippen molar-refractivity contribution in [1.82, 2.24) is 15.4 Å². The molecule has 2 aromatic heterocycles. The highest BCUT2D eigenvalue weighted by atomic mass is 32.1. The first kappa shape index (κ1) is 19.4. The van der Waals surface area contributed by atoms with Crippen LogP contribution in [0.3, 0.4) is 0 Å². The maximum Gasteiger partial charge on any atom is 0.272 e. The van der Waals surface area contributed by atoms with Gasteiger partial charge in [0.15, 0.2) is 5.13 Å². The number of hydrogen-bond acceptors (Lipinski definition) is 6. The quantitative estimate of drug-likeness (QED) is 0.530. The zero-order valence-electron chi connectivity index (χ0n) is 15.7. The van der Waals surface area contributed by atoms with E-state index in [9.17, 15) is 9.59 Å². The van der Waals surface area contributed by atoms with Crippen LogP contribution in [0.1, 0.15) is 34.1 Å². The smallest absolute Gasteiger partial charge is 0.272 e. The van der Waals surface area contributed by atoms with Crippen molar-refractivity contribution in [3.8, 4) is 0 Å². The molecule has 1 aromatic carbocycles. The van der Waals surface area contributed by atoms with Gasteiger partial charge in [-0.3, -0.25) is 19.5 Å². The normalized spacial score (nSPS) is 10.8. The van der Waals surface area contributed by atoms with Gasteiger partial charge in [-0.25, -0.2) is 10.4 Å². The minimum atomic E-state index is -0.361. The highest BCUT2D eigenvalue weighted by Gasteiger charge is 2.18. The molecule has 3 aromatic rings. The molecule has 0 unspecified atom stereocenters. The first-order chi connectivity index (χ1) is 13.5. The largest absolute Gasteiger partial charge is 0.274 e. The van der Waals surface area contributed by atoms with Gasteiger partial charge in [0.2, 0.25) is 5.91 Å². The molecule has 7 nitrogen and oxygen atoms in total. The summed E-state index contributed by atoms with van der Waals surface area (Å²) < 4.78 is 0. The summed E-state index contributed by atoms with van der Waals surface area (Å²) in [5, 5.41) is 6.23. The number of hydrazone groups is 1. The summed E-state index contributed by atoms with van der Waals surface area (Å²) in [6.45, 7) is 5.52. The van der Waals surface area contributed by atoms with Gasteiger partial charge in [0.05, 0.1) is 23.2 Å². The number of carbonyl (C=O) groups excluding carboxylic acids is 2. The first-order valence-electron chi connectivity index (χ1n) is 8.52. The highest BCUT2D eigenvalue weighted by Crippen LogP contribution is 2.29. The van der Waals surface area contributed by atoms with Crippen LogP contribution in [0.4, 0.5) is 10.8 Å². The number of nitrogens with zero attached hydrogens (tertiary/aromatic N) is 4. The molecule has 0 fully saturated rings. The van der Waals surface area contributed by atoms with E-state index < -0.39 is 0 Å². The summed E-state index contributed by atoms with van der Waals surface area (Å²) in [5.74, 6) is -0.494. The SMILES string of the molecule is CC(=O)N(c1ccc(C)c(C)c1)c1nc(/C=N\NC(=O)c2cccnc2)cs1. The fourth-order valence-corrected chi connectivity index (χ4v) is 3.29. The third kappa shape index (κ3) is 4.47. The van der Waals surface area contributed by atoms with Crippen molar-refractivity contribution >= 4 is 40.2 Å². The number of carbonyl (C=O) groups is 2. The number of anilines is 2. The summed E-state index contributed by atoms with van der Waals surface area (Å²) in [6, 6.07) is 9.15. The Morgan fingerprint density at radius 1 is 1.21 bits per heavy atom. The number of aryl methyl sites for hydroxylation is 2. The van der Waals surface area contributed by atoms with Crippen molar-refractivity contribution in [3.05, 3.63) is 70.5 Å². The zero-order chi connectivity index (χ0) is 20.1. The van der Waals surface area contributed by atoms with Gasteiger partial charge in [-0.15, -0.1) is 11.3 Å². The minimum Gasteiger partial charge on any atom is -0.274 e. The number of benzene rings is 1. The average molecular weight is 393 g/mol. The molecule has 142 valence electrons. The van der Waals surface area contributed by atoms with Crippen molar-refractivity contribution in [3.63, 3.8) is 0 Å². The van der Waals surface area contributed by atoms with Crippen LogP contribution in [0, 0.1) is 13.8 Å². The molecule has 8 heteroatoms. The molecule has 2 heterocycles. The van der Waals surface area contributed by atoms with E-state index in [4.69, 9.17) is 0 Å². The molecule has 3 rings (SSSR count). The summed E-state index contributed by atoms with van der Waals surface area (Å²) in [7, 11) is 0. The number of rotatable bonds is 5. The summed E-state index contributed by atoms with van der Waals surface area (Å²) in [6.07, 6.45) is 4.49.